The Balaban J connectivity index is 1.44. The molecule has 7 heteroatoms. The Bertz CT molecular complexity index is 1210. The van der Waals surface area contributed by atoms with Crippen LogP contribution in [-0.2, 0) is 16.6 Å². The van der Waals surface area contributed by atoms with Crippen LogP contribution in [-0.4, -0.2) is 27.3 Å². The third-order valence-corrected chi connectivity index (χ3v) is 4.79. The van der Waals surface area contributed by atoms with Crippen LogP contribution in [0.4, 0.5) is 5.82 Å². The third kappa shape index (κ3) is 4.15. The average Bonchev–Trinajstić information content (AvgIpc) is 3.34. The van der Waals surface area contributed by atoms with Gasteiger partial charge in [0, 0.05) is 28.6 Å². The van der Waals surface area contributed by atoms with Crippen LogP contribution in [0.1, 0.15) is 42.6 Å². The molecule has 2 N–H and O–H groups in total. The van der Waals surface area contributed by atoms with Crippen LogP contribution in [0.5, 0.6) is 0 Å². The number of fused-ring (bicyclic) bond motifs is 1. The lowest BCUT2D eigenvalue weighted by Crippen LogP contribution is -2.14. The minimum absolute atomic E-state index is 0.159. The lowest BCUT2D eigenvalue weighted by Gasteiger charge is -2.12. The van der Waals surface area contributed by atoms with E-state index in [1.807, 2.05) is 51.1 Å². The van der Waals surface area contributed by atoms with E-state index in [1.165, 1.54) is 0 Å². The molecule has 4 aromatic rings. The Morgan fingerprint density at radius 3 is 2.57 bits per heavy atom. The molecular formula is C23H22N4O3. The molecule has 0 saturated carbocycles. The fourth-order valence-electron chi connectivity index (χ4n) is 3.13. The molecule has 0 radical (unpaired) electrons. The Hall–Kier alpha value is -3.74. The minimum Gasteiger partial charge on any atom is -0.359 e. The Labute approximate surface area is 173 Å². The number of aldehydes is 1. The van der Waals surface area contributed by atoms with Gasteiger partial charge in [-0.25, -0.2) is 4.98 Å². The number of aromatic nitrogens is 3. The molecule has 0 aliphatic heterocycles. The number of carbonyl (C=O) groups excluding carboxylic acids is 2. The smallest absolute Gasteiger partial charge is 0.230 e. The number of amides is 1. The van der Waals surface area contributed by atoms with Crippen LogP contribution >= 0.6 is 0 Å². The van der Waals surface area contributed by atoms with Crippen molar-refractivity contribution in [2.45, 2.75) is 32.6 Å². The van der Waals surface area contributed by atoms with Gasteiger partial charge in [0.25, 0.3) is 0 Å². The van der Waals surface area contributed by atoms with Crippen molar-refractivity contribution in [3.05, 3.63) is 65.7 Å². The summed E-state index contributed by atoms with van der Waals surface area (Å²) in [5, 5.41) is 7.56. The summed E-state index contributed by atoms with van der Waals surface area (Å²) in [6, 6.07) is 13.2. The summed E-state index contributed by atoms with van der Waals surface area (Å²) in [6.45, 7) is 6.06. The topological polar surface area (TPSA) is 101 Å². The second-order valence-corrected chi connectivity index (χ2v) is 8.25. The Morgan fingerprint density at radius 2 is 1.90 bits per heavy atom. The van der Waals surface area contributed by atoms with Gasteiger partial charge in [0.15, 0.2) is 12.1 Å². The highest BCUT2D eigenvalue weighted by molar-refractivity contribution is 5.91. The number of nitrogens with zero attached hydrogens (tertiary/aromatic N) is 2. The fraction of sp³-hybridized carbons (Fsp3) is 0.217. The first-order chi connectivity index (χ1) is 14.3. The average molecular weight is 402 g/mol. The van der Waals surface area contributed by atoms with Crippen LogP contribution < -0.4 is 5.32 Å². The predicted octanol–water partition coefficient (Wildman–Crippen LogP) is 4.51. The third-order valence-electron chi connectivity index (χ3n) is 4.79. The largest absolute Gasteiger partial charge is 0.359 e. The summed E-state index contributed by atoms with van der Waals surface area (Å²) >= 11 is 0. The number of aromatic amines is 1. The van der Waals surface area contributed by atoms with Crippen molar-refractivity contribution in [3.8, 4) is 11.1 Å². The quantitative estimate of drug-likeness (QED) is 0.478. The van der Waals surface area contributed by atoms with Gasteiger partial charge in [-0.15, -0.1) is 0 Å². The molecule has 0 bridgehead atoms. The van der Waals surface area contributed by atoms with Gasteiger partial charge in [0.2, 0.25) is 5.91 Å². The highest BCUT2D eigenvalue weighted by Gasteiger charge is 2.20. The number of anilines is 1. The fourth-order valence-corrected chi connectivity index (χ4v) is 3.13. The van der Waals surface area contributed by atoms with Crippen LogP contribution in [0.15, 0.2) is 53.2 Å². The van der Waals surface area contributed by atoms with Crippen molar-refractivity contribution < 1.29 is 14.1 Å². The molecular weight excluding hydrogens is 380 g/mol. The van der Waals surface area contributed by atoms with E-state index in [1.54, 1.807) is 18.3 Å². The molecule has 3 aromatic heterocycles. The lowest BCUT2D eigenvalue weighted by atomic mass is 9.93. The SMILES string of the molecule is CC(C)(C)c1cc(NC(=O)Cc2ccc(-c3cnc4[nH]c(C=O)cc4c3)cc2)no1. The number of pyridine rings is 1. The first-order valence-corrected chi connectivity index (χ1v) is 9.62. The van der Waals surface area contributed by atoms with Gasteiger partial charge in [-0.05, 0) is 23.3 Å². The zero-order valence-corrected chi connectivity index (χ0v) is 17.0. The van der Waals surface area contributed by atoms with E-state index in [0.29, 0.717) is 17.2 Å². The molecule has 0 unspecified atom stereocenters. The van der Waals surface area contributed by atoms with Crippen LogP contribution in [0.2, 0.25) is 0 Å². The Morgan fingerprint density at radius 1 is 1.13 bits per heavy atom. The summed E-state index contributed by atoms with van der Waals surface area (Å²) in [5.74, 6) is 0.978. The number of nitrogens with one attached hydrogen (secondary N) is 2. The summed E-state index contributed by atoms with van der Waals surface area (Å²) < 4.78 is 5.29. The summed E-state index contributed by atoms with van der Waals surface area (Å²) in [4.78, 5) is 30.6. The molecule has 4 rings (SSSR count). The van der Waals surface area contributed by atoms with E-state index in [0.717, 1.165) is 34.1 Å². The van der Waals surface area contributed by atoms with E-state index in [9.17, 15) is 9.59 Å². The van der Waals surface area contributed by atoms with Gasteiger partial charge in [-0.2, -0.15) is 0 Å². The molecule has 0 saturated heterocycles. The molecule has 7 nitrogen and oxygen atoms in total. The lowest BCUT2D eigenvalue weighted by molar-refractivity contribution is -0.115. The van der Waals surface area contributed by atoms with E-state index in [2.05, 4.69) is 20.4 Å². The summed E-state index contributed by atoms with van der Waals surface area (Å²) in [5.41, 5.74) is 3.81. The molecule has 30 heavy (non-hydrogen) atoms. The maximum absolute atomic E-state index is 12.3. The number of benzene rings is 1. The second kappa shape index (κ2) is 7.59. The zero-order chi connectivity index (χ0) is 21.3. The normalized spacial score (nSPS) is 11.6. The number of carbonyl (C=O) groups is 2. The maximum atomic E-state index is 12.3. The first-order valence-electron chi connectivity index (χ1n) is 9.62. The van der Waals surface area contributed by atoms with Gasteiger partial charge >= 0.3 is 0 Å². The number of hydrogen-bond acceptors (Lipinski definition) is 5. The van der Waals surface area contributed by atoms with Crippen molar-refractivity contribution in [2.24, 2.45) is 0 Å². The highest BCUT2D eigenvalue weighted by Crippen LogP contribution is 2.25. The van der Waals surface area contributed by atoms with Crippen molar-refractivity contribution >= 4 is 29.0 Å². The predicted molar refractivity (Wildman–Crippen MR) is 114 cm³/mol. The molecule has 3 heterocycles. The van der Waals surface area contributed by atoms with Crippen molar-refractivity contribution in [1.29, 1.82) is 0 Å². The monoisotopic (exact) mass is 402 g/mol. The van der Waals surface area contributed by atoms with E-state index in [4.69, 9.17) is 4.52 Å². The number of hydrogen-bond donors (Lipinski definition) is 2. The summed E-state index contributed by atoms with van der Waals surface area (Å²) in [7, 11) is 0. The molecule has 0 fully saturated rings. The second-order valence-electron chi connectivity index (χ2n) is 8.25. The number of rotatable bonds is 5. The van der Waals surface area contributed by atoms with Crippen LogP contribution in [0.25, 0.3) is 22.2 Å². The van der Waals surface area contributed by atoms with Gasteiger partial charge < -0.3 is 14.8 Å². The van der Waals surface area contributed by atoms with Gasteiger partial charge in [0.1, 0.15) is 11.4 Å². The number of H-pyrrole nitrogens is 1. The van der Waals surface area contributed by atoms with E-state index in [-0.39, 0.29) is 17.7 Å². The highest BCUT2D eigenvalue weighted by atomic mass is 16.5. The van der Waals surface area contributed by atoms with Gasteiger partial charge in [0.05, 0.1) is 12.1 Å². The van der Waals surface area contributed by atoms with Crippen molar-refractivity contribution in [3.63, 3.8) is 0 Å². The van der Waals surface area contributed by atoms with Gasteiger partial charge in [-0.3, -0.25) is 9.59 Å². The maximum Gasteiger partial charge on any atom is 0.230 e. The first kappa shape index (κ1) is 19.6. The molecule has 1 amide bonds. The molecule has 0 spiro atoms. The van der Waals surface area contributed by atoms with Crippen LogP contribution in [0.3, 0.4) is 0 Å². The minimum atomic E-state index is -0.168. The van der Waals surface area contributed by atoms with Crippen molar-refractivity contribution in [1.82, 2.24) is 15.1 Å². The molecule has 0 aliphatic rings. The van der Waals surface area contributed by atoms with Crippen LogP contribution in [0, 0.1) is 0 Å². The Kier molecular flexibility index (Phi) is 4.95. The van der Waals surface area contributed by atoms with Crippen molar-refractivity contribution in [2.75, 3.05) is 5.32 Å². The standard InChI is InChI=1S/C23H22N4O3/c1-23(2,3)19-11-20(27-30-19)26-21(29)8-14-4-6-15(7-5-14)17-9-16-10-18(13-28)25-22(16)24-12-17/h4-7,9-13H,8H2,1-3H3,(H,24,25)(H,26,27,29). The molecule has 0 aliphatic carbocycles. The summed E-state index contributed by atoms with van der Waals surface area (Å²) in [6.07, 6.45) is 2.76. The van der Waals surface area contributed by atoms with E-state index < -0.39 is 0 Å². The van der Waals surface area contributed by atoms with Gasteiger partial charge in [-0.1, -0.05) is 50.2 Å². The van der Waals surface area contributed by atoms with E-state index >= 15 is 0 Å². The molecule has 152 valence electrons. The molecule has 1 aromatic carbocycles. The zero-order valence-electron chi connectivity index (χ0n) is 17.0. The molecule has 0 atom stereocenters.